The lowest BCUT2D eigenvalue weighted by molar-refractivity contribution is 0.0696. The van der Waals surface area contributed by atoms with E-state index in [9.17, 15) is 9.59 Å². The maximum atomic E-state index is 12.5. The number of methoxy groups -OCH3 is 1. The zero-order chi connectivity index (χ0) is 19.3. The number of aromatic nitrogens is 2. The normalized spacial score (nSPS) is 10.7. The van der Waals surface area contributed by atoms with Crippen molar-refractivity contribution in [3.8, 4) is 5.75 Å². The SMILES string of the molecule is COc1cc(C(=O)O)ccc1CCNC(=O)c1cnc(C)nc1C(C)C. The Morgan fingerprint density at radius 2 is 2.04 bits per heavy atom. The van der Waals surface area contributed by atoms with Crippen molar-refractivity contribution in [3.63, 3.8) is 0 Å². The summed E-state index contributed by atoms with van der Waals surface area (Å²) < 4.78 is 5.25. The highest BCUT2D eigenvalue weighted by Crippen LogP contribution is 2.21. The molecule has 1 heterocycles. The van der Waals surface area contributed by atoms with Crippen molar-refractivity contribution in [3.05, 3.63) is 52.6 Å². The summed E-state index contributed by atoms with van der Waals surface area (Å²) in [5.41, 5.74) is 2.17. The van der Waals surface area contributed by atoms with E-state index in [4.69, 9.17) is 9.84 Å². The third-order valence-corrected chi connectivity index (χ3v) is 3.94. The van der Waals surface area contributed by atoms with E-state index in [0.717, 1.165) is 11.3 Å². The standard InChI is InChI=1S/C19H23N3O4/c1-11(2)17-15(10-21-12(3)22-17)18(23)20-8-7-13-5-6-14(19(24)25)9-16(13)26-4/h5-6,9-11H,7-8H2,1-4H3,(H,20,23)(H,24,25). The van der Waals surface area contributed by atoms with Gasteiger partial charge in [-0.2, -0.15) is 0 Å². The second-order valence-electron chi connectivity index (χ2n) is 6.21. The number of rotatable bonds is 7. The quantitative estimate of drug-likeness (QED) is 0.790. The number of benzene rings is 1. The van der Waals surface area contributed by atoms with Gasteiger partial charge in [0.2, 0.25) is 0 Å². The molecule has 0 saturated carbocycles. The van der Waals surface area contributed by atoms with Gasteiger partial charge in [0.25, 0.3) is 5.91 Å². The fourth-order valence-corrected chi connectivity index (χ4v) is 2.59. The summed E-state index contributed by atoms with van der Waals surface area (Å²) >= 11 is 0. The molecule has 7 nitrogen and oxygen atoms in total. The first-order valence-corrected chi connectivity index (χ1v) is 8.35. The monoisotopic (exact) mass is 357 g/mol. The average molecular weight is 357 g/mol. The second kappa shape index (κ2) is 8.42. The van der Waals surface area contributed by atoms with Gasteiger partial charge in [-0.1, -0.05) is 19.9 Å². The molecule has 0 fully saturated rings. The molecular weight excluding hydrogens is 334 g/mol. The Hall–Kier alpha value is -2.96. The summed E-state index contributed by atoms with van der Waals surface area (Å²) in [5, 5.41) is 11.9. The number of hydrogen-bond donors (Lipinski definition) is 2. The molecule has 0 bridgehead atoms. The van der Waals surface area contributed by atoms with Gasteiger partial charge in [0.15, 0.2) is 0 Å². The van der Waals surface area contributed by atoms with Gasteiger partial charge in [-0.15, -0.1) is 0 Å². The van der Waals surface area contributed by atoms with Gasteiger partial charge < -0.3 is 15.2 Å². The van der Waals surface area contributed by atoms with Gasteiger partial charge >= 0.3 is 5.97 Å². The molecule has 0 aliphatic carbocycles. The van der Waals surface area contributed by atoms with Crippen LogP contribution in [0, 0.1) is 6.92 Å². The minimum atomic E-state index is -1.01. The maximum Gasteiger partial charge on any atom is 0.335 e. The highest BCUT2D eigenvalue weighted by atomic mass is 16.5. The molecule has 0 atom stereocenters. The van der Waals surface area contributed by atoms with E-state index >= 15 is 0 Å². The smallest absolute Gasteiger partial charge is 0.335 e. The molecule has 7 heteroatoms. The van der Waals surface area contributed by atoms with Crippen molar-refractivity contribution >= 4 is 11.9 Å². The lowest BCUT2D eigenvalue weighted by atomic mass is 10.0. The van der Waals surface area contributed by atoms with Crippen LogP contribution in [0.15, 0.2) is 24.4 Å². The Kier molecular flexibility index (Phi) is 6.27. The van der Waals surface area contributed by atoms with E-state index in [1.807, 2.05) is 13.8 Å². The molecule has 2 N–H and O–H groups in total. The predicted molar refractivity (Wildman–Crippen MR) is 96.8 cm³/mol. The van der Waals surface area contributed by atoms with Gasteiger partial charge in [-0.3, -0.25) is 4.79 Å². The number of carboxylic acids is 1. The van der Waals surface area contributed by atoms with Crippen molar-refractivity contribution in [2.45, 2.75) is 33.1 Å². The van der Waals surface area contributed by atoms with Crippen LogP contribution in [0.3, 0.4) is 0 Å². The van der Waals surface area contributed by atoms with Crippen molar-refractivity contribution < 1.29 is 19.4 Å². The van der Waals surface area contributed by atoms with Gasteiger partial charge in [0, 0.05) is 12.7 Å². The largest absolute Gasteiger partial charge is 0.496 e. The van der Waals surface area contributed by atoms with Gasteiger partial charge in [0.1, 0.15) is 11.6 Å². The molecule has 0 saturated heterocycles. The highest BCUT2D eigenvalue weighted by molar-refractivity contribution is 5.95. The molecule has 1 amide bonds. The Balaban J connectivity index is 2.06. The van der Waals surface area contributed by atoms with Crippen molar-refractivity contribution in [1.29, 1.82) is 0 Å². The number of hydrogen-bond acceptors (Lipinski definition) is 5. The molecule has 0 unspecified atom stereocenters. The third-order valence-electron chi connectivity index (χ3n) is 3.94. The molecule has 2 rings (SSSR count). The van der Waals surface area contributed by atoms with E-state index in [-0.39, 0.29) is 17.4 Å². The molecule has 1 aromatic heterocycles. The van der Waals surface area contributed by atoms with Crippen LogP contribution in [-0.2, 0) is 6.42 Å². The number of nitrogens with one attached hydrogen (secondary N) is 1. The van der Waals surface area contributed by atoms with Crippen LogP contribution in [0.2, 0.25) is 0 Å². The molecule has 1 aromatic carbocycles. The van der Waals surface area contributed by atoms with Gasteiger partial charge in [-0.25, -0.2) is 14.8 Å². The highest BCUT2D eigenvalue weighted by Gasteiger charge is 2.16. The third kappa shape index (κ3) is 4.56. The van der Waals surface area contributed by atoms with Crippen molar-refractivity contribution in [2.75, 3.05) is 13.7 Å². The van der Waals surface area contributed by atoms with E-state index in [1.54, 1.807) is 19.2 Å². The van der Waals surface area contributed by atoms with Crippen LogP contribution in [0.4, 0.5) is 0 Å². The molecule has 0 spiro atoms. The van der Waals surface area contributed by atoms with Gasteiger partial charge in [-0.05, 0) is 37.0 Å². The number of carbonyl (C=O) groups excluding carboxylic acids is 1. The first kappa shape index (κ1) is 19.4. The van der Waals surface area contributed by atoms with E-state index in [1.165, 1.54) is 19.2 Å². The van der Waals surface area contributed by atoms with E-state index in [0.29, 0.717) is 30.1 Å². The minimum Gasteiger partial charge on any atom is -0.496 e. The fourth-order valence-electron chi connectivity index (χ4n) is 2.59. The summed E-state index contributed by atoms with van der Waals surface area (Å²) in [6, 6.07) is 4.69. The van der Waals surface area contributed by atoms with Crippen LogP contribution in [0.5, 0.6) is 5.75 Å². The maximum absolute atomic E-state index is 12.5. The fraction of sp³-hybridized carbons (Fsp3) is 0.368. The van der Waals surface area contributed by atoms with Crippen LogP contribution in [0.1, 0.15) is 57.6 Å². The number of amides is 1. The van der Waals surface area contributed by atoms with E-state index in [2.05, 4.69) is 15.3 Å². The molecule has 0 aliphatic rings. The number of carbonyl (C=O) groups is 2. The molecule has 26 heavy (non-hydrogen) atoms. The second-order valence-corrected chi connectivity index (χ2v) is 6.21. The molecule has 138 valence electrons. The number of nitrogens with zero attached hydrogens (tertiary/aromatic N) is 2. The Labute approximate surface area is 152 Å². The predicted octanol–water partition coefficient (Wildman–Crippen LogP) is 2.59. The zero-order valence-electron chi connectivity index (χ0n) is 15.4. The molecule has 0 aliphatic heterocycles. The van der Waals surface area contributed by atoms with Crippen LogP contribution < -0.4 is 10.1 Å². The molecule has 2 aromatic rings. The summed E-state index contributed by atoms with van der Waals surface area (Å²) in [5.74, 6) is -0.00568. The molecular formula is C19H23N3O4. The van der Waals surface area contributed by atoms with Crippen molar-refractivity contribution in [1.82, 2.24) is 15.3 Å². The summed E-state index contributed by atoms with van der Waals surface area (Å²) in [6.07, 6.45) is 2.06. The minimum absolute atomic E-state index is 0.112. The lowest BCUT2D eigenvalue weighted by Crippen LogP contribution is -2.27. The summed E-state index contributed by atoms with van der Waals surface area (Å²) in [6.45, 7) is 6.13. The number of ether oxygens (including phenoxy) is 1. The zero-order valence-corrected chi connectivity index (χ0v) is 15.4. The number of carboxylic acid groups (broad SMARTS) is 1. The van der Waals surface area contributed by atoms with Crippen LogP contribution in [0.25, 0.3) is 0 Å². The topological polar surface area (TPSA) is 101 Å². The Bertz CT molecular complexity index is 818. The first-order chi connectivity index (χ1) is 12.3. The summed E-state index contributed by atoms with van der Waals surface area (Å²) in [4.78, 5) is 32.0. The first-order valence-electron chi connectivity index (χ1n) is 8.35. The molecule has 0 radical (unpaired) electrons. The number of aryl methyl sites for hydroxylation is 1. The van der Waals surface area contributed by atoms with Crippen LogP contribution in [-0.4, -0.2) is 40.6 Å². The lowest BCUT2D eigenvalue weighted by Gasteiger charge is -2.13. The van der Waals surface area contributed by atoms with Crippen molar-refractivity contribution in [2.24, 2.45) is 0 Å². The average Bonchev–Trinajstić information content (AvgIpc) is 2.61. The van der Waals surface area contributed by atoms with E-state index < -0.39 is 5.97 Å². The van der Waals surface area contributed by atoms with Gasteiger partial charge in [0.05, 0.1) is 23.9 Å². The Morgan fingerprint density at radius 1 is 1.31 bits per heavy atom. The Morgan fingerprint density at radius 3 is 2.65 bits per heavy atom. The van der Waals surface area contributed by atoms with Crippen LogP contribution >= 0.6 is 0 Å². The number of aromatic carboxylic acids is 1. The summed E-state index contributed by atoms with van der Waals surface area (Å²) in [7, 11) is 1.49.